The number of nitrogens with two attached hydrogens (primary N) is 1. The van der Waals surface area contributed by atoms with E-state index in [1.807, 2.05) is 0 Å². The van der Waals surface area contributed by atoms with Crippen molar-refractivity contribution in [2.75, 3.05) is 0 Å². The predicted molar refractivity (Wildman–Crippen MR) is 78.8 cm³/mol. The van der Waals surface area contributed by atoms with Gasteiger partial charge in [-0.1, -0.05) is 23.7 Å². The molecular formula is C15H11ClFN3O. The Morgan fingerprint density at radius 3 is 2.90 bits per heavy atom. The van der Waals surface area contributed by atoms with Gasteiger partial charge in [0.2, 0.25) is 5.91 Å². The van der Waals surface area contributed by atoms with E-state index in [1.165, 1.54) is 6.07 Å². The fourth-order valence-corrected chi connectivity index (χ4v) is 2.39. The third-order valence-electron chi connectivity index (χ3n) is 3.28. The van der Waals surface area contributed by atoms with E-state index in [2.05, 4.69) is 4.98 Å². The molecule has 0 saturated carbocycles. The van der Waals surface area contributed by atoms with Gasteiger partial charge < -0.3 is 10.3 Å². The Hall–Kier alpha value is -2.40. The third kappa shape index (κ3) is 2.48. The van der Waals surface area contributed by atoms with Gasteiger partial charge in [-0.05, 0) is 24.3 Å². The fraction of sp³-hybridized carbons (Fsp3) is 0.0667. The van der Waals surface area contributed by atoms with Gasteiger partial charge in [-0.25, -0.2) is 9.37 Å². The molecule has 2 aromatic carbocycles. The van der Waals surface area contributed by atoms with Gasteiger partial charge in [-0.3, -0.25) is 4.79 Å². The molecule has 21 heavy (non-hydrogen) atoms. The Labute approximate surface area is 125 Å². The van der Waals surface area contributed by atoms with Crippen LogP contribution in [-0.2, 0) is 6.54 Å². The summed E-state index contributed by atoms with van der Waals surface area (Å²) in [5, 5.41) is 0.0907. The molecule has 0 spiro atoms. The second-order valence-electron chi connectivity index (χ2n) is 4.65. The molecule has 1 heterocycles. The molecule has 0 aliphatic carbocycles. The van der Waals surface area contributed by atoms with E-state index in [1.54, 1.807) is 41.2 Å². The van der Waals surface area contributed by atoms with E-state index in [4.69, 9.17) is 17.3 Å². The molecule has 1 amide bonds. The number of halogens is 2. The number of hydrogen-bond acceptors (Lipinski definition) is 2. The second-order valence-corrected chi connectivity index (χ2v) is 5.06. The van der Waals surface area contributed by atoms with E-state index in [0.717, 1.165) is 5.52 Å². The molecule has 0 bridgehead atoms. The molecule has 0 atom stereocenters. The number of fused-ring (bicyclic) bond motifs is 1. The van der Waals surface area contributed by atoms with Crippen LogP contribution in [0.3, 0.4) is 0 Å². The molecular weight excluding hydrogens is 293 g/mol. The van der Waals surface area contributed by atoms with Crippen LogP contribution in [0.25, 0.3) is 11.0 Å². The van der Waals surface area contributed by atoms with Crippen LogP contribution in [0.2, 0.25) is 5.02 Å². The maximum absolute atomic E-state index is 13.9. The van der Waals surface area contributed by atoms with Crippen molar-refractivity contribution in [2.45, 2.75) is 6.54 Å². The van der Waals surface area contributed by atoms with Crippen molar-refractivity contribution in [3.8, 4) is 0 Å². The lowest BCUT2D eigenvalue weighted by Gasteiger charge is -2.07. The molecule has 4 nitrogen and oxygen atoms in total. The molecule has 0 aliphatic heterocycles. The number of amides is 1. The highest BCUT2D eigenvalue weighted by Crippen LogP contribution is 2.21. The minimum atomic E-state index is -0.507. The minimum Gasteiger partial charge on any atom is -0.366 e. The Bertz CT molecular complexity index is 844. The van der Waals surface area contributed by atoms with Gasteiger partial charge in [0.1, 0.15) is 5.82 Å². The number of primary amides is 1. The molecule has 1 aromatic heterocycles. The summed E-state index contributed by atoms with van der Waals surface area (Å²) in [5.41, 5.74) is 7.52. The van der Waals surface area contributed by atoms with Crippen molar-refractivity contribution in [2.24, 2.45) is 5.73 Å². The molecule has 3 rings (SSSR count). The van der Waals surface area contributed by atoms with Crippen molar-refractivity contribution in [3.05, 3.63) is 64.7 Å². The summed E-state index contributed by atoms with van der Waals surface area (Å²) in [6.45, 7) is 0.304. The number of carbonyl (C=O) groups excluding carboxylic acids is 1. The summed E-state index contributed by atoms with van der Waals surface area (Å²) in [7, 11) is 0. The van der Waals surface area contributed by atoms with Crippen LogP contribution in [0, 0.1) is 5.82 Å². The second kappa shape index (κ2) is 5.18. The fourth-order valence-electron chi connectivity index (χ4n) is 2.20. The van der Waals surface area contributed by atoms with Gasteiger partial charge in [0.15, 0.2) is 0 Å². The number of benzene rings is 2. The molecule has 3 aromatic rings. The van der Waals surface area contributed by atoms with Crippen molar-refractivity contribution in [1.29, 1.82) is 0 Å². The van der Waals surface area contributed by atoms with Gasteiger partial charge in [0, 0.05) is 11.1 Å². The topological polar surface area (TPSA) is 60.9 Å². The van der Waals surface area contributed by atoms with Gasteiger partial charge in [-0.2, -0.15) is 0 Å². The first kappa shape index (κ1) is 13.6. The number of imidazole rings is 1. The van der Waals surface area contributed by atoms with Crippen molar-refractivity contribution in [1.82, 2.24) is 9.55 Å². The molecule has 2 N–H and O–H groups in total. The van der Waals surface area contributed by atoms with Crippen LogP contribution in [-0.4, -0.2) is 15.5 Å². The largest absolute Gasteiger partial charge is 0.366 e. The number of aromatic nitrogens is 2. The first-order chi connectivity index (χ1) is 10.1. The molecule has 0 radical (unpaired) electrons. The number of carbonyl (C=O) groups is 1. The highest BCUT2D eigenvalue weighted by molar-refractivity contribution is 6.30. The number of hydrogen-bond donors (Lipinski definition) is 1. The SMILES string of the molecule is NC(=O)c1ccc2c(c1)ncn2Cc1cccc(Cl)c1F. The third-order valence-corrected chi connectivity index (χ3v) is 3.57. The first-order valence-electron chi connectivity index (χ1n) is 6.24. The van der Waals surface area contributed by atoms with E-state index in [0.29, 0.717) is 23.2 Å². The van der Waals surface area contributed by atoms with Crippen LogP contribution < -0.4 is 5.73 Å². The van der Waals surface area contributed by atoms with E-state index < -0.39 is 11.7 Å². The van der Waals surface area contributed by atoms with E-state index >= 15 is 0 Å². The zero-order valence-electron chi connectivity index (χ0n) is 10.9. The highest BCUT2D eigenvalue weighted by atomic mass is 35.5. The minimum absolute atomic E-state index is 0.0907. The number of rotatable bonds is 3. The smallest absolute Gasteiger partial charge is 0.248 e. The molecule has 0 fully saturated rings. The molecule has 0 saturated heterocycles. The first-order valence-corrected chi connectivity index (χ1v) is 6.61. The maximum Gasteiger partial charge on any atom is 0.248 e. The van der Waals surface area contributed by atoms with Crippen LogP contribution in [0.5, 0.6) is 0 Å². The Balaban J connectivity index is 2.02. The van der Waals surface area contributed by atoms with Crippen LogP contribution in [0.15, 0.2) is 42.7 Å². The molecule has 106 valence electrons. The van der Waals surface area contributed by atoms with Crippen LogP contribution in [0.4, 0.5) is 4.39 Å². The molecule has 6 heteroatoms. The molecule has 0 aliphatic rings. The number of nitrogens with zero attached hydrogens (tertiary/aromatic N) is 2. The Morgan fingerprint density at radius 2 is 2.14 bits per heavy atom. The summed E-state index contributed by atoms with van der Waals surface area (Å²) in [5.74, 6) is -0.942. The van der Waals surface area contributed by atoms with Crippen LogP contribution in [0.1, 0.15) is 15.9 Å². The standard InChI is InChI=1S/C15H11ClFN3O/c16-11-3-1-2-10(14(11)17)7-20-8-19-12-6-9(15(18)21)4-5-13(12)20/h1-6,8H,7H2,(H2,18,21). The maximum atomic E-state index is 13.9. The normalized spacial score (nSPS) is 11.0. The van der Waals surface area contributed by atoms with Crippen molar-refractivity contribution in [3.63, 3.8) is 0 Å². The monoisotopic (exact) mass is 303 g/mol. The van der Waals surface area contributed by atoms with Crippen molar-refractivity contribution >= 4 is 28.5 Å². The lowest BCUT2D eigenvalue weighted by molar-refractivity contribution is 0.100. The summed E-state index contributed by atoms with van der Waals surface area (Å²) < 4.78 is 15.7. The quantitative estimate of drug-likeness (QED) is 0.808. The average Bonchev–Trinajstić information content (AvgIpc) is 2.86. The highest BCUT2D eigenvalue weighted by Gasteiger charge is 2.10. The average molecular weight is 304 g/mol. The Morgan fingerprint density at radius 1 is 1.33 bits per heavy atom. The lowest BCUT2D eigenvalue weighted by Crippen LogP contribution is -2.10. The molecule has 0 unspecified atom stereocenters. The van der Waals surface area contributed by atoms with Gasteiger partial charge in [0.25, 0.3) is 0 Å². The summed E-state index contributed by atoms with van der Waals surface area (Å²) >= 11 is 5.78. The van der Waals surface area contributed by atoms with Gasteiger partial charge >= 0.3 is 0 Å². The predicted octanol–water partition coefficient (Wildman–Crippen LogP) is 2.98. The summed E-state index contributed by atoms with van der Waals surface area (Å²) in [6, 6.07) is 9.85. The summed E-state index contributed by atoms with van der Waals surface area (Å²) in [6.07, 6.45) is 1.59. The van der Waals surface area contributed by atoms with Crippen LogP contribution >= 0.6 is 11.6 Å². The van der Waals surface area contributed by atoms with E-state index in [-0.39, 0.29) is 5.02 Å². The van der Waals surface area contributed by atoms with Gasteiger partial charge in [0.05, 0.1) is 28.9 Å². The van der Waals surface area contributed by atoms with Crippen molar-refractivity contribution < 1.29 is 9.18 Å². The Kier molecular flexibility index (Phi) is 3.35. The zero-order chi connectivity index (χ0) is 15.0. The zero-order valence-corrected chi connectivity index (χ0v) is 11.6. The van der Waals surface area contributed by atoms with Gasteiger partial charge in [-0.15, -0.1) is 0 Å². The summed E-state index contributed by atoms with van der Waals surface area (Å²) in [4.78, 5) is 15.4. The lowest BCUT2D eigenvalue weighted by atomic mass is 10.2. The van der Waals surface area contributed by atoms with E-state index in [9.17, 15) is 9.18 Å².